The van der Waals surface area contributed by atoms with Crippen molar-refractivity contribution in [1.29, 1.82) is 0 Å². The van der Waals surface area contributed by atoms with Crippen molar-refractivity contribution < 1.29 is 23.8 Å². The van der Waals surface area contributed by atoms with Gasteiger partial charge in [-0.25, -0.2) is 15.0 Å². The molecule has 3 aromatic rings. The number of nitrogens with zero attached hydrogens (tertiary/aromatic N) is 4. The quantitative estimate of drug-likeness (QED) is 0.214. The van der Waals surface area contributed by atoms with E-state index in [-0.39, 0.29) is 11.8 Å². The number of thiophene rings is 1. The third-order valence-corrected chi connectivity index (χ3v) is 6.18. The molecule has 11 heteroatoms. The highest BCUT2D eigenvalue weighted by Gasteiger charge is 2.45. The Kier molecular flexibility index (Phi) is 7.46. The second-order valence-electron chi connectivity index (χ2n) is 7.64. The first-order chi connectivity index (χ1) is 16.4. The van der Waals surface area contributed by atoms with Crippen molar-refractivity contribution >= 4 is 46.0 Å². The van der Waals surface area contributed by atoms with Gasteiger partial charge in [-0.2, -0.15) is 0 Å². The Hall–Kier alpha value is -3.00. The van der Waals surface area contributed by atoms with E-state index in [1.165, 1.54) is 25.2 Å². The summed E-state index contributed by atoms with van der Waals surface area (Å²) >= 11 is 7.98. The molecule has 0 aromatic carbocycles. The average molecular weight is 503 g/mol. The number of imidazole rings is 1. The SMILES string of the molecule is CCCCC#Cc1nc2c(Cl)nc(-c3cccs3)nc2n1[C@@H]1OC[C@@H](OC(C)=O)[C@H]1OC(C)=O. The Bertz CT molecular complexity index is 1260. The Morgan fingerprint density at radius 3 is 2.74 bits per heavy atom. The van der Waals surface area contributed by atoms with Gasteiger partial charge in [0.1, 0.15) is 5.52 Å². The Morgan fingerprint density at radius 1 is 1.26 bits per heavy atom. The lowest BCUT2D eigenvalue weighted by molar-refractivity contribution is -0.164. The van der Waals surface area contributed by atoms with Crippen LogP contribution in [0.5, 0.6) is 0 Å². The minimum Gasteiger partial charge on any atom is -0.456 e. The standard InChI is InChI=1S/C23H23ClN4O5S/c1-4-5-6-7-10-17-25-18-20(24)26-21(16-9-8-11-34-16)27-22(18)28(17)23-19(33-14(3)30)15(12-31-23)32-13(2)29/h8-9,11,15,19,23H,4-6,12H2,1-3H3/t15-,19-,23-/m1/s1. The number of carbonyl (C=O) groups excluding carboxylic acids is 2. The Balaban J connectivity index is 1.87. The van der Waals surface area contributed by atoms with Gasteiger partial charge < -0.3 is 14.2 Å². The highest BCUT2D eigenvalue weighted by molar-refractivity contribution is 7.13. The number of ether oxygens (including phenoxy) is 3. The summed E-state index contributed by atoms with van der Waals surface area (Å²) in [6.07, 6.45) is 0.0512. The average Bonchev–Trinajstić information content (AvgIpc) is 3.51. The normalized spacial score (nSPS) is 19.6. The van der Waals surface area contributed by atoms with Crippen molar-refractivity contribution in [1.82, 2.24) is 19.5 Å². The second kappa shape index (κ2) is 10.5. The maximum absolute atomic E-state index is 11.9. The predicted molar refractivity (Wildman–Crippen MR) is 126 cm³/mol. The van der Waals surface area contributed by atoms with Gasteiger partial charge in [-0.15, -0.1) is 11.3 Å². The third kappa shape index (κ3) is 5.06. The van der Waals surface area contributed by atoms with Crippen molar-refractivity contribution in [2.24, 2.45) is 0 Å². The fourth-order valence-corrected chi connectivity index (χ4v) is 4.49. The maximum atomic E-state index is 11.9. The summed E-state index contributed by atoms with van der Waals surface area (Å²) in [5, 5.41) is 2.08. The van der Waals surface area contributed by atoms with Gasteiger partial charge in [-0.05, 0) is 23.8 Å². The van der Waals surface area contributed by atoms with E-state index in [9.17, 15) is 9.59 Å². The van der Waals surface area contributed by atoms with Gasteiger partial charge in [0.05, 0.1) is 11.5 Å². The first-order valence-corrected chi connectivity index (χ1v) is 12.1. The number of fused-ring (bicyclic) bond motifs is 1. The zero-order valence-electron chi connectivity index (χ0n) is 18.9. The summed E-state index contributed by atoms with van der Waals surface area (Å²) in [7, 11) is 0. The monoisotopic (exact) mass is 502 g/mol. The van der Waals surface area contributed by atoms with Crippen molar-refractivity contribution in [2.75, 3.05) is 6.61 Å². The lowest BCUT2D eigenvalue weighted by Crippen LogP contribution is -2.36. The van der Waals surface area contributed by atoms with Crippen LogP contribution in [0.2, 0.25) is 5.15 Å². The van der Waals surface area contributed by atoms with E-state index < -0.39 is 30.4 Å². The number of carbonyl (C=O) groups is 2. The Labute approximate surface area is 205 Å². The number of rotatable bonds is 6. The first kappa shape index (κ1) is 24.1. The first-order valence-electron chi connectivity index (χ1n) is 10.8. The van der Waals surface area contributed by atoms with Gasteiger partial charge >= 0.3 is 11.9 Å². The van der Waals surface area contributed by atoms with E-state index in [0.717, 1.165) is 17.7 Å². The fraction of sp³-hybridized carbons (Fsp3) is 0.435. The fourth-order valence-electron chi connectivity index (χ4n) is 3.62. The molecule has 34 heavy (non-hydrogen) atoms. The van der Waals surface area contributed by atoms with E-state index in [0.29, 0.717) is 29.2 Å². The van der Waals surface area contributed by atoms with Crippen molar-refractivity contribution in [3.63, 3.8) is 0 Å². The molecular weight excluding hydrogens is 480 g/mol. The van der Waals surface area contributed by atoms with Crippen LogP contribution in [-0.4, -0.2) is 50.3 Å². The third-order valence-electron chi connectivity index (χ3n) is 5.05. The van der Waals surface area contributed by atoms with Crippen molar-refractivity contribution in [2.45, 2.75) is 58.5 Å². The zero-order chi connectivity index (χ0) is 24.2. The highest BCUT2D eigenvalue weighted by Crippen LogP contribution is 2.35. The summed E-state index contributed by atoms with van der Waals surface area (Å²) in [6, 6.07) is 3.78. The molecule has 0 bridgehead atoms. The molecule has 1 aliphatic heterocycles. The molecule has 0 N–H and O–H groups in total. The molecule has 1 saturated heterocycles. The molecule has 4 rings (SSSR count). The van der Waals surface area contributed by atoms with Gasteiger partial charge in [0, 0.05) is 20.3 Å². The summed E-state index contributed by atoms with van der Waals surface area (Å²) in [5.41, 5.74) is 0.733. The van der Waals surface area contributed by atoms with Crippen LogP contribution in [0.4, 0.5) is 0 Å². The van der Waals surface area contributed by atoms with E-state index in [1.807, 2.05) is 17.5 Å². The number of esters is 2. The van der Waals surface area contributed by atoms with Crippen LogP contribution in [-0.2, 0) is 23.8 Å². The molecular formula is C23H23ClN4O5S. The van der Waals surface area contributed by atoms with Crippen LogP contribution in [0.25, 0.3) is 21.9 Å². The molecule has 1 fully saturated rings. The summed E-state index contributed by atoms with van der Waals surface area (Å²) in [4.78, 5) is 38.0. The van der Waals surface area contributed by atoms with Crippen LogP contribution in [0.1, 0.15) is 52.1 Å². The molecule has 0 aliphatic carbocycles. The van der Waals surface area contributed by atoms with E-state index in [1.54, 1.807) is 4.57 Å². The van der Waals surface area contributed by atoms with Crippen LogP contribution in [0.15, 0.2) is 17.5 Å². The smallest absolute Gasteiger partial charge is 0.303 e. The number of unbranched alkanes of at least 4 members (excludes halogenated alkanes) is 2. The molecule has 3 aromatic heterocycles. The van der Waals surface area contributed by atoms with Crippen LogP contribution >= 0.6 is 22.9 Å². The van der Waals surface area contributed by atoms with Crippen molar-refractivity contribution in [3.05, 3.63) is 28.5 Å². The van der Waals surface area contributed by atoms with Crippen LogP contribution in [0.3, 0.4) is 0 Å². The lowest BCUT2D eigenvalue weighted by Gasteiger charge is -2.23. The molecule has 0 spiro atoms. The largest absolute Gasteiger partial charge is 0.456 e. The number of halogens is 1. The zero-order valence-corrected chi connectivity index (χ0v) is 20.5. The van der Waals surface area contributed by atoms with E-state index >= 15 is 0 Å². The maximum Gasteiger partial charge on any atom is 0.303 e. The predicted octanol–water partition coefficient (Wildman–Crippen LogP) is 4.14. The second-order valence-corrected chi connectivity index (χ2v) is 8.95. The summed E-state index contributed by atoms with van der Waals surface area (Å²) in [5.74, 6) is 5.92. The molecule has 4 heterocycles. The van der Waals surface area contributed by atoms with E-state index in [4.69, 9.17) is 30.8 Å². The number of hydrogen-bond acceptors (Lipinski definition) is 9. The lowest BCUT2D eigenvalue weighted by atomic mass is 10.2. The Morgan fingerprint density at radius 2 is 2.06 bits per heavy atom. The molecule has 178 valence electrons. The van der Waals surface area contributed by atoms with Gasteiger partial charge in [0.15, 0.2) is 40.9 Å². The summed E-state index contributed by atoms with van der Waals surface area (Å²) < 4.78 is 18.5. The van der Waals surface area contributed by atoms with Crippen LogP contribution < -0.4 is 0 Å². The number of hydrogen-bond donors (Lipinski definition) is 0. The van der Waals surface area contributed by atoms with Gasteiger partial charge in [-0.3, -0.25) is 14.2 Å². The molecule has 3 atom stereocenters. The van der Waals surface area contributed by atoms with Gasteiger partial charge in [0.25, 0.3) is 0 Å². The van der Waals surface area contributed by atoms with Crippen molar-refractivity contribution in [3.8, 4) is 22.5 Å². The van der Waals surface area contributed by atoms with E-state index in [2.05, 4.69) is 28.7 Å². The number of aromatic nitrogens is 4. The minimum absolute atomic E-state index is 0.0289. The van der Waals surface area contributed by atoms with Gasteiger partial charge in [0.2, 0.25) is 0 Å². The topological polar surface area (TPSA) is 105 Å². The molecule has 0 amide bonds. The van der Waals surface area contributed by atoms with Crippen LogP contribution in [0, 0.1) is 11.8 Å². The summed E-state index contributed by atoms with van der Waals surface area (Å²) in [6.45, 7) is 4.69. The molecule has 0 unspecified atom stereocenters. The highest BCUT2D eigenvalue weighted by atomic mass is 35.5. The molecule has 9 nitrogen and oxygen atoms in total. The molecule has 1 aliphatic rings. The minimum atomic E-state index is -0.922. The molecule has 0 saturated carbocycles. The molecule has 0 radical (unpaired) electrons. The van der Waals surface area contributed by atoms with Gasteiger partial charge in [-0.1, -0.05) is 36.9 Å².